The van der Waals surface area contributed by atoms with Crippen LogP contribution < -0.4 is 5.32 Å². The van der Waals surface area contributed by atoms with Gasteiger partial charge < -0.3 is 39.5 Å². The number of ether oxygens (including phenoxy) is 1. The first-order valence-corrected chi connectivity index (χ1v) is 15.0. The van der Waals surface area contributed by atoms with Crippen LogP contribution in [0.1, 0.15) is 6.23 Å². The molecular weight excluding hydrogens is 564 g/mol. The molecule has 38 heavy (non-hydrogen) atoms. The van der Waals surface area contributed by atoms with Gasteiger partial charge in [0.25, 0.3) is 0 Å². The molecule has 17 heteroatoms. The molecule has 2 aromatic carbocycles. The highest BCUT2D eigenvalue weighted by Crippen LogP contribution is 2.55. The number of rotatable bonds is 8. The lowest BCUT2D eigenvalue weighted by molar-refractivity contribution is -0.0483. The average molecular weight is 586 g/mol. The zero-order chi connectivity index (χ0) is 27.2. The van der Waals surface area contributed by atoms with E-state index in [1.807, 2.05) is 42.5 Å². The number of nitrogens with zero attached hydrogens (tertiary/aromatic N) is 4. The van der Waals surface area contributed by atoms with Crippen LogP contribution in [0, 0.1) is 0 Å². The normalized spacial score (nSPS) is 23.6. The summed E-state index contributed by atoms with van der Waals surface area (Å²) in [5, 5.41) is 26.1. The van der Waals surface area contributed by atoms with Gasteiger partial charge in [0.2, 0.25) is 5.28 Å². The van der Waals surface area contributed by atoms with Crippen molar-refractivity contribution in [2.75, 3.05) is 17.8 Å². The van der Waals surface area contributed by atoms with Gasteiger partial charge >= 0.3 is 15.2 Å². The molecule has 0 aliphatic carbocycles. The maximum Gasteiger partial charge on any atom is 0.340 e. The van der Waals surface area contributed by atoms with Gasteiger partial charge in [-0.3, -0.25) is 13.7 Å². The van der Waals surface area contributed by atoms with Crippen molar-refractivity contribution in [1.29, 1.82) is 0 Å². The number of aliphatic hydroxyl groups is 2. The number of aliphatic hydroxyl groups excluding tert-OH is 2. The molecule has 3 heterocycles. The molecule has 5 atom stereocenters. The smallest absolute Gasteiger partial charge is 0.340 e. The van der Waals surface area contributed by atoms with Gasteiger partial charge in [0, 0.05) is 5.69 Å². The highest BCUT2D eigenvalue weighted by Gasteiger charge is 2.45. The molecule has 4 aromatic rings. The number of hydrogen-bond acceptors (Lipinski definition) is 10. The van der Waals surface area contributed by atoms with Crippen molar-refractivity contribution in [3.8, 4) is 0 Å². The Hall–Kier alpha value is -2.48. The maximum atomic E-state index is 11.9. The predicted molar refractivity (Wildman–Crippen MR) is 136 cm³/mol. The number of fused-ring (bicyclic) bond motifs is 2. The molecule has 0 bridgehead atoms. The average Bonchev–Trinajstić information content (AvgIpc) is 3.37. The Labute approximate surface area is 219 Å². The van der Waals surface area contributed by atoms with Crippen molar-refractivity contribution in [3.05, 3.63) is 54.1 Å². The zero-order valence-corrected chi connectivity index (χ0v) is 21.8. The monoisotopic (exact) mass is 585 g/mol. The van der Waals surface area contributed by atoms with Gasteiger partial charge in [-0.15, -0.1) is 0 Å². The molecule has 0 radical (unpaired) electrons. The molecule has 1 saturated heterocycles. The molecule has 14 nitrogen and oxygen atoms in total. The molecule has 1 aliphatic heterocycles. The number of hydrogen-bond donors (Lipinski definition) is 6. The highest BCUT2D eigenvalue weighted by atomic mass is 35.5. The van der Waals surface area contributed by atoms with Crippen LogP contribution in [0.5, 0.6) is 0 Å². The molecule has 1 aliphatic rings. The summed E-state index contributed by atoms with van der Waals surface area (Å²) in [6.07, 6.45) is -4.36. The fraction of sp³-hybridized carbons (Fsp3) is 0.286. The second-order valence-electron chi connectivity index (χ2n) is 8.64. The summed E-state index contributed by atoms with van der Waals surface area (Å²) in [6, 6.07) is 13.5. The van der Waals surface area contributed by atoms with E-state index in [9.17, 15) is 24.2 Å². The summed E-state index contributed by atoms with van der Waals surface area (Å²) in [7, 11) is -9.53. The molecule has 1 fully saturated rings. The third kappa shape index (κ3) is 5.75. The second-order valence-corrected chi connectivity index (χ2v) is 13.0. The van der Waals surface area contributed by atoms with E-state index in [-0.39, 0.29) is 22.3 Å². The summed E-state index contributed by atoms with van der Waals surface area (Å²) in [5.41, 5.74) is 1.16. The largest absolute Gasteiger partial charge is 0.387 e. The Morgan fingerprint density at radius 2 is 1.79 bits per heavy atom. The van der Waals surface area contributed by atoms with Crippen LogP contribution in [0.4, 0.5) is 11.5 Å². The van der Waals surface area contributed by atoms with Crippen molar-refractivity contribution < 1.29 is 43.3 Å². The fourth-order valence-corrected chi connectivity index (χ4v) is 6.86. The van der Waals surface area contributed by atoms with Crippen LogP contribution in [0.2, 0.25) is 5.28 Å². The third-order valence-electron chi connectivity index (χ3n) is 5.82. The van der Waals surface area contributed by atoms with Gasteiger partial charge in [0.05, 0.1) is 12.9 Å². The maximum absolute atomic E-state index is 11.9. The van der Waals surface area contributed by atoms with Crippen LogP contribution in [0.3, 0.4) is 0 Å². The SMILES string of the molecule is O=P(O)(O)CP(=O)(O)OC[C@H]1O[C@@H](n2cnc3c(Nc4ccc5ccccc5c4)nc(Cl)nc32)[C@@H](O)C1O. The minimum absolute atomic E-state index is 0.130. The van der Waals surface area contributed by atoms with Crippen LogP contribution in [0.25, 0.3) is 21.9 Å². The number of anilines is 2. The van der Waals surface area contributed by atoms with Gasteiger partial charge in [0.15, 0.2) is 29.1 Å². The van der Waals surface area contributed by atoms with Crippen molar-refractivity contribution >= 4 is 60.2 Å². The second kappa shape index (κ2) is 10.2. The first-order valence-electron chi connectivity index (χ1n) is 11.1. The van der Waals surface area contributed by atoms with Crippen molar-refractivity contribution in [2.24, 2.45) is 0 Å². The van der Waals surface area contributed by atoms with Crippen LogP contribution in [-0.2, 0) is 18.4 Å². The first-order chi connectivity index (χ1) is 17.9. The molecule has 2 aromatic heterocycles. The lowest BCUT2D eigenvalue weighted by Gasteiger charge is -2.18. The van der Waals surface area contributed by atoms with E-state index in [0.717, 1.165) is 10.8 Å². The van der Waals surface area contributed by atoms with E-state index in [2.05, 4.69) is 20.3 Å². The molecule has 202 valence electrons. The topological polar surface area (TPSA) is 209 Å². The van der Waals surface area contributed by atoms with Gasteiger partial charge in [0.1, 0.15) is 18.3 Å². The Morgan fingerprint density at radius 1 is 1.05 bits per heavy atom. The summed E-state index contributed by atoms with van der Waals surface area (Å²) in [5.74, 6) is -1.12. The Kier molecular flexibility index (Phi) is 7.31. The molecule has 0 spiro atoms. The molecule has 6 N–H and O–H groups in total. The number of imidazole rings is 1. The van der Waals surface area contributed by atoms with Gasteiger partial charge in [-0.2, -0.15) is 9.97 Å². The zero-order valence-electron chi connectivity index (χ0n) is 19.3. The quantitative estimate of drug-likeness (QED) is 0.130. The number of halogens is 1. The van der Waals surface area contributed by atoms with Crippen molar-refractivity contribution in [2.45, 2.75) is 24.5 Å². The summed E-state index contributed by atoms with van der Waals surface area (Å²) in [6.45, 7) is -0.723. The highest BCUT2D eigenvalue weighted by molar-refractivity contribution is 7.70. The lowest BCUT2D eigenvalue weighted by atomic mass is 10.1. The predicted octanol–water partition coefficient (Wildman–Crippen LogP) is 2.33. The van der Waals surface area contributed by atoms with Gasteiger partial charge in [-0.1, -0.05) is 30.3 Å². The molecule has 2 unspecified atom stereocenters. The fourth-order valence-electron chi connectivity index (χ4n) is 4.13. The Balaban J connectivity index is 1.39. The van der Waals surface area contributed by atoms with E-state index in [1.165, 1.54) is 10.9 Å². The van der Waals surface area contributed by atoms with Gasteiger partial charge in [-0.05, 0) is 34.5 Å². The third-order valence-corrected chi connectivity index (χ3v) is 9.45. The van der Waals surface area contributed by atoms with E-state index in [1.54, 1.807) is 0 Å². The molecule has 5 rings (SSSR count). The number of nitrogens with one attached hydrogen (secondary N) is 1. The van der Waals surface area contributed by atoms with Crippen LogP contribution in [0.15, 0.2) is 48.8 Å². The van der Waals surface area contributed by atoms with Gasteiger partial charge in [-0.25, -0.2) is 4.98 Å². The molecule has 0 saturated carbocycles. The van der Waals surface area contributed by atoms with E-state index in [0.29, 0.717) is 5.69 Å². The standard InChI is InChI=1S/C21H22ClN5O9P2/c22-21-25-18(24-13-6-5-11-3-1-2-4-12(11)7-13)15-19(26-21)27(9-23-15)20-17(29)16(28)14(36-20)8-35-38(33,34)10-37(30,31)32/h1-7,9,14,16-17,20,28-29H,8,10H2,(H,33,34)(H,24,25,26)(H2,30,31,32)/t14-,16?,17+,20-/m1/s1. The van der Waals surface area contributed by atoms with E-state index >= 15 is 0 Å². The molecule has 0 amide bonds. The Bertz CT molecular complexity index is 1600. The van der Waals surface area contributed by atoms with E-state index < -0.39 is 52.2 Å². The number of benzene rings is 2. The summed E-state index contributed by atoms with van der Waals surface area (Å²) in [4.78, 5) is 40.3. The summed E-state index contributed by atoms with van der Waals surface area (Å²) >= 11 is 6.17. The summed E-state index contributed by atoms with van der Waals surface area (Å²) < 4.78 is 34.7. The van der Waals surface area contributed by atoms with Crippen molar-refractivity contribution in [3.63, 3.8) is 0 Å². The molecular formula is C21H22ClN5O9P2. The lowest BCUT2D eigenvalue weighted by Crippen LogP contribution is -2.33. The number of aromatic nitrogens is 4. The van der Waals surface area contributed by atoms with Crippen molar-refractivity contribution in [1.82, 2.24) is 19.5 Å². The van der Waals surface area contributed by atoms with E-state index in [4.69, 9.17) is 30.6 Å². The van der Waals surface area contributed by atoms with Crippen LogP contribution >= 0.6 is 26.8 Å². The minimum Gasteiger partial charge on any atom is -0.387 e. The minimum atomic E-state index is -4.84. The Morgan fingerprint density at radius 3 is 2.53 bits per heavy atom. The van der Waals surface area contributed by atoms with Crippen LogP contribution in [-0.4, -0.2) is 75.2 Å². The first kappa shape index (κ1) is 27.1.